The lowest BCUT2D eigenvalue weighted by atomic mass is 9.95. The summed E-state index contributed by atoms with van der Waals surface area (Å²) >= 11 is 0. The monoisotopic (exact) mass is 453 g/mol. The van der Waals surface area contributed by atoms with Crippen LogP contribution in [-0.2, 0) is 9.59 Å². The molecule has 176 valence electrons. The Morgan fingerprint density at radius 1 is 0.970 bits per heavy atom. The van der Waals surface area contributed by atoms with Gasteiger partial charge in [-0.1, -0.05) is 0 Å². The number of piperidine rings is 3. The van der Waals surface area contributed by atoms with Crippen molar-refractivity contribution in [1.82, 2.24) is 20.4 Å². The number of fused-ring (bicyclic) bond motifs is 1. The second-order valence-electron chi connectivity index (χ2n) is 9.64. The summed E-state index contributed by atoms with van der Waals surface area (Å²) in [4.78, 5) is 53.2. The van der Waals surface area contributed by atoms with E-state index in [4.69, 9.17) is 0 Å². The maximum absolute atomic E-state index is 13.1. The first-order valence-electron chi connectivity index (χ1n) is 12.0. The molecule has 1 unspecified atom stereocenters. The maximum atomic E-state index is 13.1. The third kappa shape index (κ3) is 4.52. The molecule has 5 rings (SSSR count). The van der Waals surface area contributed by atoms with E-state index >= 15 is 0 Å². The number of benzene rings is 1. The van der Waals surface area contributed by atoms with E-state index < -0.39 is 23.8 Å². The van der Waals surface area contributed by atoms with E-state index in [1.54, 1.807) is 12.1 Å². The van der Waals surface area contributed by atoms with E-state index in [1.165, 1.54) is 12.8 Å². The SMILES string of the molecule is O=C1CCC(N2C(=O)c3ccc(N[C@@H]4CCCN(CC5CCNCC5)C4)cc3C2=O)C(=O)N1. The molecular formula is C24H31N5O4. The van der Waals surface area contributed by atoms with Crippen molar-refractivity contribution in [2.24, 2.45) is 5.92 Å². The van der Waals surface area contributed by atoms with Crippen LogP contribution in [0.3, 0.4) is 0 Å². The Morgan fingerprint density at radius 3 is 2.55 bits per heavy atom. The Kier molecular flexibility index (Phi) is 6.16. The Hall–Kier alpha value is -2.78. The first-order valence-corrected chi connectivity index (χ1v) is 12.0. The molecular weight excluding hydrogens is 422 g/mol. The van der Waals surface area contributed by atoms with E-state index in [2.05, 4.69) is 20.9 Å². The van der Waals surface area contributed by atoms with Gasteiger partial charge in [0.2, 0.25) is 11.8 Å². The summed E-state index contributed by atoms with van der Waals surface area (Å²) in [6, 6.07) is 4.58. The minimum atomic E-state index is -0.937. The molecule has 0 spiro atoms. The van der Waals surface area contributed by atoms with Crippen LogP contribution in [0.15, 0.2) is 18.2 Å². The van der Waals surface area contributed by atoms with Crippen LogP contribution in [0.1, 0.15) is 59.2 Å². The number of carbonyl (C=O) groups excluding carboxylic acids is 4. The zero-order valence-corrected chi connectivity index (χ0v) is 18.8. The molecule has 0 aliphatic carbocycles. The molecule has 9 nitrogen and oxygen atoms in total. The van der Waals surface area contributed by atoms with Crippen LogP contribution in [0.25, 0.3) is 0 Å². The van der Waals surface area contributed by atoms with Gasteiger partial charge in [0, 0.05) is 31.2 Å². The molecule has 1 aromatic carbocycles. The Labute approximate surface area is 193 Å². The summed E-state index contributed by atoms with van der Waals surface area (Å²) in [6.07, 6.45) is 4.95. The van der Waals surface area contributed by atoms with Crippen LogP contribution in [0.2, 0.25) is 0 Å². The van der Waals surface area contributed by atoms with E-state index in [1.807, 2.05) is 6.07 Å². The highest BCUT2D eigenvalue weighted by Gasteiger charge is 2.44. The minimum Gasteiger partial charge on any atom is -0.381 e. The smallest absolute Gasteiger partial charge is 0.262 e. The molecule has 1 aromatic rings. The summed E-state index contributed by atoms with van der Waals surface area (Å²) in [6.45, 7) is 5.45. The topological polar surface area (TPSA) is 111 Å². The van der Waals surface area contributed by atoms with Crippen molar-refractivity contribution in [3.05, 3.63) is 29.3 Å². The van der Waals surface area contributed by atoms with Crippen LogP contribution in [-0.4, -0.2) is 78.2 Å². The number of carbonyl (C=O) groups is 4. The van der Waals surface area contributed by atoms with Gasteiger partial charge in [-0.15, -0.1) is 0 Å². The molecule has 2 atom stereocenters. The number of nitrogens with one attached hydrogen (secondary N) is 3. The van der Waals surface area contributed by atoms with E-state index in [0.29, 0.717) is 11.1 Å². The predicted octanol–water partition coefficient (Wildman–Crippen LogP) is 0.964. The first-order chi connectivity index (χ1) is 16.0. The largest absolute Gasteiger partial charge is 0.381 e. The van der Waals surface area contributed by atoms with Gasteiger partial charge in [-0.3, -0.25) is 29.4 Å². The summed E-state index contributed by atoms with van der Waals surface area (Å²) in [5.74, 6) is -1.14. The lowest BCUT2D eigenvalue weighted by molar-refractivity contribution is -0.136. The minimum absolute atomic E-state index is 0.117. The lowest BCUT2D eigenvalue weighted by Crippen LogP contribution is -2.54. The van der Waals surface area contributed by atoms with Gasteiger partial charge in [0.05, 0.1) is 11.1 Å². The number of hydrogen-bond acceptors (Lipinski definition) is 7. The number of rotatable bonds is 5. The number of imide groups is 2. The molecule has 0 saturated carbocycles. The number of anilines is 1. The van der Waals surface area contributed by atoms with Gasteiger partial charge < -0.3 is 15.5 Å². The Bertz CT molecular complexity index is 974. The van der Waals surface area contributed by atoms with Gasteiger partial charge in [-0.25, -0.2) is 0 Å². The first kappa shape index (κ1) is 22.0. The molecule has 3 N–H and O–H groups in total. The second kappa shape index (κ2) is 9.23. The van der Waals surface area contributed by atoms with Crippen molar-refractivity contribution in [1.29, 1.82) is 0 Å². The fraction of sp³-hybridized carbons (Fsp3) is 0.583. The van der Waals surface area contributed by atoms with Gasteiger partial charge >= 0.3 is 0 Å². The van der Waals surface area contributed by atoms with Crippen molar-refractivity contribution < 1.29 is 19.2 Å². The van der Waals surface area contributed by atoms with Crippen molar-refractivity contribution >= 4 is 29.3 Å². The highest BCUT2D eigenvalue weighted by atomic mass is 16.2. The second-order valence-corrected chi connectivity index (χ2v) is 9.64. The van der Waals surface area contributed by atoms with Crippen LogP contribution >= 0.6 is 0 Å². The van der Waals surface area contributed by atoms with Gasteiger partial charge in [-0.05, 0) is 75.9 Å². The predicted molar refractivity (Wildman–Crippen MR) is 122 cm³/mol. The number of amides is 4. The summed E-state index contributed by atoms with van der Waals surface area (Å²) in [5.41, 5.74) is 1.44. The van der Waals surface area contributed by atoms with Crippen LogP contribution in [0.5, 0.6) is 0 Å². The fourth-order valence-corrected chi connectivity index (χ4v) is 5.57. The number of hydrogen-bond donors (Lipinski definition) is 3. The standard InChI is InChI=1S/C24H31N5O4/c30-21-6-5-20(22(31)27-21)29-23(32)18-4-3-16(12-19(18)24(29)33)26-17-2-1-11-28(14-17)13-15-7-9-25-10-8-15/h3-4,12,15,17,20,25-26H,1-2,5-11,13-14H2,(H,27,30,31)/t17-,20?/m1/s1. The summed E-state index contributed by atoms with van der Waals surface area (Å²) in [7, 11) is 0. The lowest BCUT2D eigenvalue weighted by Gasteiger charge is -2.36. The zero-order chi connectivity index (χ0) is 22.9. The molecule has 4 amide bonds. The maximum Gasteiger partial charge on any atom is 0.262 e. The van der Waals surface area contributed by atoms with E-state index in [0.717, 1.165) is 62.1 Å². The van der Waals surface area contributed by atoms with Crippen molar-refractivity contribution in [3.63, 3.8) is 0 Å². The molecule has 4 aliphatic rings. The zero-order valence-electron chi connectivity index (χ0n) is 18.8. The Balaban J connectivity index is 1.24. The molecule has 3 saturated heterocycles. The van der Waals surface area contributed by atoms with Gasteiger partial charge in [0.25, 0.3) is 11.8 Å². The molecule has 4 heterocycles. The van der Waals surface area contributed by atoms with Gasteiger partial charge in [0.1, 0.15) is 6.04 Å². The molecule has 33 heavy (non-hydrogen) atoms. The Morgan fingerprint density at radius 2 is 1.76 bits per heavy atom. The third-order valence-electron chi connectivity index (χ3n) is 7.29. The van der Waals surface area contributed by atoms with Crippen LogP contribution in [0.4, 0.5) is 5.69 Å². The average Bonchev–Trinajstić information content (AvgIpc) is 3.05. The number of nitrogens with zero attached hydrogens (tertiary/aromatic N) is 2. The molecule has 0 bridgehead atoms. The normalized spacial score (nSPS) is 27.0. The highest BCUT2D eigenvalue weighted by molar-refractivity contribution is 6.23. The summed E-state index contributed by atoms with van der Waals surface area (Å²) in [5, 5.41) is 9.22. The van der Waals surface area contributed by atoms with Crippen molar-refractivity contribution in [3.8, 4) is 0 Å². The van der Waals surface area contributed by atoms with Gasteiger partial charge in [0.15, 0.2) is 0 Å². The summed E-state index contributed by atoms with van der Waals surface area (Å²) < 4.78 is 0. The molecule has 0 radical (unpaired) electrons. The van der Waals surface area contributed by atoms with Gasteiger partial charge in [-0.2, -0.15) is 0 Å². The molecule has 4 aliphatic heterocycles. The fourth-order valence-electron chi connectivity index (χ4n) is 5.57. The van der Waals surface area contributed by atoms with Crippen molar-refractivity contribution in [2.75, 3.05) is 38.0 Å². The van der Waals surface area contributed by atoms with Crippen molar-refractivity contribution in [2.45, 2.75) is 50.6 Å². The quantitative estimate of drug-likeness (QED) is 0.570. The van der Waals surface area contributed by atoms with Crippen LogP contribution in [0, 0.1) is 5.92 Å². The van der Waals surface area contributed by atoms with Crippen LogP contribution < -0.4 is 16.0 Å². The highest BCUT2D eigenvalue weighted by Crippen LogP contribution is 2.30. The van der Waals surface area contributed by atoms with E-state index in [-0.39, 0.29) is 24.8 Å². The average molecular weight is 454 g/mol. The van der Waals surface area contributed by atoms with E-state index in [9.17, 15) is 19.2 Å². The molecule has 0 aromatic heterocycles. The third-order valence-corrected chi connectivity index (χ3v) is 7.29. The molecule has 9 heteroatoms. The molecule has 3 fully saturated rings. The number of likely N-dealkylation sites (tertiary alicyclic amines) is 1.